The average molecular weight is 463 g/mol. The Morgan fingerprint density at radius 2 is 1.76 bits per heavy atom. The van der Waals surface area contributed by atoms with E-state index in [-0.39, 0.29) is 36.3 Å². The quantitative estimate of drug-likeness (QED) is 0.634. The van der Waals surface area contributed by atoms with Gasteiger partial charge in [0.05, 0.1) is 25.2 Å². The van der Waals surface area contributed by atoms with Gasteiger partial charge in [-0.05, 0) is 49.6 Å². The van der Waals surface area contributed by atoms with Crippen molar-refractivity contribution in [3.8, 4) is 0 Å². The first-order valence-electron chi connectivity index (χ1n) is 11.6. The highest BCUT2D eigenvalue weighted by Crippen LogP contribution is 2.29. The second-order valence-electron chi connectivity index (χ2n) is 8.97. The van der Waals surface area contributed by atoms with E-state index in [1.165, 1.54) is 12.1 Å². The lowest BCUT2D eigenvalue weighted by Gasteiger charge is -2.31. The molecule has 0 bridgehead atoms. The van der Waals surface area contributed by atoms with Gasteiger partial charge in [-0.2, -0.15) is 0 Å². The van der Waals surface area contributed by atoms with E-state index in [4.69, 9.17) is 4.74 Å². The second kappa shape index (κ2) is 9.38. The number of nitrogens with zero attached hydrogens (tertiary/aromatic N) is 3. The van der Waals surface area contributed by atoms with Gasteiger partial charge < -0.3 is 19.5 Å². The molecule has 5 rings (SSSR count). The van der Waals surface area contributed by atoms with Crippen LogP contribution >= 0.6 is 0 Å². The number of fused-ring (bicyclic) bond motifs is 1. The number of aromatic nitrogens is 2. The van der Waals surface area contributed by atoms with Crippen molar-refractivity contribution >= 4 is 17.5 Å². The maximum Gasteiger partial charge on any atom is 0.274 e. The molecule has 2 aliphatic rings. The number of anilines is 1. The van der Waals surface area contributed by atoms with E-state index in [1.807, 2.05) is 35.8 Å². The zero-order valence-corrected chi connectivity index (χ0v) is 19.0. The minimum absolute atomic E-state index is 0.00411. The smallest absolute Gasteiger partial charge is 0.274 e. The summed E-state index contributed by atoms with van der Waals surface area (Å²) >= 11 is 0. The van der Waals surface area contributed by atoms with E-state index in [0.717, 1.165) is 22.5 Å². The number of nitrogens with one attached hydrogen (secondary N) is 1. The molecule has 0 aliphatic carbocycles. The third-order valence-electron chi connectivity index (χ3n) is 6.65. The lowest BCUT2D eigenvalue weighted by atomic mass is 9.95. The van der Waals surface area contributed by atoms with E-state index in [9.17, 15) is 14.0 Å². The van der Waals surface area contributed by atoms with Crippen molar-refractivity contribution in [2.45, 2.75) is 39.0 Å². The van der Waals surface area contributed by atoms with E-state index >= 15 is 0 Å². The summed E-state index contributed by atoms with van der Waals surface area (Å²) in [6.07, 6.45) is 2.68. The third-order valence-corrected chi connectivity index (χ3v) is 6.65. The highest BCUT2D eigenvalue weighted by molar-refractivity contribution is 5.95. The summed E-state index contributed by atoms with van der Waals surface area (Å²) in [5, 5.41) is 2.98. The molecular weight excluding hydrogens is 435 g/mol. The summed E-state index contributed by atoms with van der Waals surface area (Å²) in [5.41, 5.74) is 3.97. The van der Waals surface area contributed by atoms with Gasteiger partial charge in [0.25, 0.3) is 5.91 Å². The Hall–Kier alpha value is -3.52. The lowest BCUT2D eigenvalue weighted by Crippen LogP contribution is -2.42. The number of benzene rings is 2. The normalized spacial score (nSPS) is 18.4. The number of piperidine rings is 1. The molecule has 0 radical (unpaired) electrons. The van der Waals surface area contributed by atoms with Crippen LogP contribution in [0.4, 0.5) is 10.1 Å². The lowest BCUT2D eigenvalue weighted by molar-refractivity contribution is -0.121. The van der Waals surface area contributed by atoms with Gasteiger partial charge in [-0.3, -0.25) is 9.59 Å². The number of halogens is 1. The molecule has 176 valence electrons. The van der Waals surface area contributed by atoms with Crippen molar-refractivity contribution in [2.75, 3.05) is 18.4 Å². The monoisotopic (exact) mass is 462 g/mol. The Labute approximate surface area is 197 Å². The molecule has 0 saturated carbocycles. The zero-order valence-electron chi connectivity index (χ0n) is 19.0. The van der Waals surface area contributed by atoms with Crippen LogP contribution in [0.25, 0.3) is 0 Å². The number of rotatable bonds is 4. The Morgan fingerprint density at radius 3 is 2.47 bits per heavy atom. The topological polar surface area (TPSA) is 76.5 Å². The molecule has 3 heterocycles. The van der Waals surface area contributed by atoms with Crippen LogP contribution in [0.2, 0.25) is 0 Å². The summed E-state index contributed by atoms with van der Waals surface area (Å²) in [7, 11) is 0. The first-order chi connectivity index (χ1) is 16.5. The SMILES string of the molecule is Cc1ccc(NC(=O)C2CCN(C(=O)c3ncn4c3CO[C@H](c3ccc(F)cc3)C4)CC2)cc1. The van der Waals surface area contributed by atoms with E-state index < -0.39 is 0 Å². The van der Waals surface area contributed by atoms with Crippen LogP contribution in [0.3, 0.4) is 0 Å². The molecule has 1 atom stereocenters. The van der Waals surface area contributed by atoms with E-state index in [2.05, 4.69) is 10.3 Å². The number of amides is 2. The van der Waals surface area contributed by atoms with Crippen LogP contribution in [-0.2, 0) is 22.7 Å². The summed E-state index contributed by atoms with van der Waals surface area (Å²) in [6, 6.07) is 14.0. The molecule has 1 N–H and O–H groups in total. The number of aryl methyl sites for hydroxylation is 1. The fourth-order valence-electron chi connectivity index (χ4n) is 4.56. The van der Waals surface area contributed by atoms with Crippen molar-refractivity contribution in [1.29, 1.82) is 0 Å². The summed E-state index contributed by atoms with van der Waals surface area (Å²) in [6.45, 7) is 3.80. The van der Waals surface area contributed by atoms with Crippen molar-refractivity contribution in [1.82, 2.24) is 14.5 Å². The van der Waals surface area contributed by atoms with Crippen LogP contribution in [-0.4, -0.2) is 39.4 Å². The number of hydrogen-bond acceptors (Lipinski definition) is 4. The third kappa shape index (κ3) is 4.59. The molecule has 0 unspecified atom stereocenters. The van der Waals surface area contributed by atoms with Gasteiger partial charge in [0.1, 0.15) is 11.9 Å². The summed E-state index contributed by atoms with van der Waals surface area (Å²) in [5.74, 6) is -0.543. The standard InChI is InChI=1S/C26H27FN4O3/c1-17-2-8-21(9-3-17)29-25(32)19-10-12-30(13-11-19)26(33)24-22-15-34-23(14-31(22)16-28-24)18-4-6-20(27)7-5-18/h2-9,16,19,23H,10-15H2,1H3,(H,29,32)/t23-/m0/s1. The molecule has 0 spiro atoms. The van der Waals surface area contributed by atoms with Crippen LogP contribution in [0.1, 0.15) is 46.3 Å². The molecule has 8 heteroatoms. The van der Waals surface area contributed by atoms with E-state index in [0.29, 0.717) is 38.2 Å². The molecular formula is C26H27FN4O3. The fourth-order valence-corrected chi connectivity index (χ4v) is 4.56. The molecule has 2 aliphatic heterocycles. The minimum atomic E-state index is -0.285. The Balaban J connectivity index is 1.18. The van der Waals surface area contributed by atoms with Gasteiger partial charge in [-0.25, -0.2) is 9.37 Å². The van der Waals surface area contributed by atoms with Crippen molar-refractivity contribution < 1.29 is 18.7 Å². The summed E-state index contributed by atoms with van der Waals surface area (Å²) < 4.78 is 21.1. The number of likely N-dealkylation sites (tertiary alicyclic amines) is 1. The maximum absolute atomic E-state index is 13.2. The molecule has 1 saturated heterocycles. The highest BCUT2D eigenvalue weighted by atomic mass is 19.1. The minimum Gasteiger partial charge on any atom is -0.365 e. The fraction of sp³-hybridized carbons (Fsp3) is 0.346. The van der Waals surface area contributed by atoms with Gasteiger partial charge in [-0.1, -0.05) is 29.8 Å². The maximum atomic E-state index is 13.2. The molecule has 1 aromatic heterocycles. The molecule has 2 amide bonds. The molecule has 3 aromatic rings. The Kier molecular flexibility index (Phi) is 6.15. The van der Waals surface area contributed by atoms with Crippen molar-refractivity contribution in [3.05, 3.63) is 83.2 Å². The number of carbonyl (C=O) groups excluding carboxylic acids is 2. The Bertz CT molecular complexity index is 1180. The van der Waals surface area contributed by atoms with Crippen LogP contribution in [0.15, 0.2) is 54.9 Å². The van der Waals surface area contributed by atoms with Gasteiger partial charge >= 0.3 is 0 Å². The van der Waals surface area contributed by atoms with Gasteiger partial charge in [-0.15, -0.1) is 0 Å². The van der Waals surface area contributed by atoms with Gasteiger partial charge in [0.2, 0.25) is 5.91 Å². The molecule has 1 fully saturated rings. The number of imidazole rings is 1. The van der Waals surface area contributed by atoms with Crippen molar-refractivity contribution in [2.24, 2.45) is 5.92 Å². The van der Waals surface area contributed by atoms with Gasteiger partial charge in [0, 0.05) is 24.7 Å². The number of ether oxygens (including phenoxy) is 1. The largest absolute Gasteiger partial charge is 0.365 e. The molecule has 34 heavy (non-hydrogen) atoms. The van der Waals surface area contributed by atoms with E-state index in [1.54, 1.807) is 23.4 Å². The first kappa shape index (κ1) is 22.3. The van der Waals surface area contributed by atoms with Crippen LogP contribution < -0.4 is 5.32 Å². The second-order valence-corrected chi connectivity index (χ2v) is 8.97. The predicted octanol–water partition coefficient (Wildman–Crippen LogP) is 4.09. The van der Waals surface area contributed by atoms with Crippen molar-refractivity contribution in [3.63, 3.8) is 0 Å². The van der Waals surface area contributed by atoms with Crippen LogP contribution in [0, 0.1) is 18.7 Å². The summed E-state index contributed by atoms with van der Waals surface area (Å²) in [4.78, 5) is 32.0. The molecule has 7 nitrogen and oxygen atoms in total. The number of carbonyl (C=O) groups is 2. The predicted molar refractivity (Wildman–Crippen MR) is 125 cm³/mol. The number of hydrogen-bond donors (Lipinski definition) is 1. The molecule has 2 aromatic carbocycles. The zero-order chi connectivity index (χ0) is 23.7. The first-order valence-corrected chi connectivity index (χ1v) is 11.6. The average Bonchev–Trinajstić information content (AvgIpc) is 3.29. The highest BCUT2D eigenvalue weighted by Gasteiger charge is 2.32. The van der Waals surface area contributed by atoms with Crippen LogP contribution in [0.5, 0.6) is 0 Å². The van der Waals surface area contributed by atoms with Gasteiger partial charge in [0.15, 0.2) is 5.69 Å². The Morgan fingerprint density at radius 1 is 1.06 bits per heavy atom.